The normalized spacial score (nSPS) is 25.3. The number of benzene rings is 1. The van der Waals surface area contributed by atoms with Crippen LogP contribution in [0.15, 0.2) is 24.3 Å². The number of hydrogen-bond donors (Lipinski definition) is 1. The summed E-state index contributed by atoms with van der Waals surface area (Å²) in [5, 5.41) is 8.98. The molecule has 1 N–H and O–H groups in total. The van der Waals surface area contributed by atoms with Crippen LogP contribution in [0.3, 0.4) is 0 Å². The van der Waals surface area contributed by atoms with E-state index in [9.17, 15) is 9.18 Å². The second kappa shape index (κ2) is 4.64. The minimum atomic E-state index is -0.721. The van der Waals surface area contributed by atoms with Gasteiger partial charge in [-0.2, -0.15) is 0 Å². The van der Waals surface area contributed by atoms with Crippen LogP contribution in [-0.4, -0.2) is 11.1 Å². The second-order valence-corrected chi connectivity index (χ2v) is 4.45. The lowest BCUT2D eigenvalue weighted by molar-refractivity contribution is -0.142. The van der Waals surface area contributed by atoms with Crippen molar-refractivity contribution in [3.05, 3.63) is 35.6 Å². The van der Waals surface area contributed by atoms with Gasteiger partial charge in [0.1, 0.15) is 5.82 Å². The standard InChI is InChI=1S/C13H15FO2/c14-12-6-2-4-10(8-12)9-3-1-5-11(7-9)13(15)16/h2,4,6,8-9,11H,1,3,5,7H2,(H,15,16). The first-order chi connectivity index (χ1) is 7.66. The SMILES string of the molecule is O=C(O)C1CCCC(c2cccc(F)c2)C1. The summed E-state index contributed by atoms with van der Waals surface area (Å²) in [6, 6.07) is 6.52. The van der Waals surface area contributed by atoms with Crippen molar-refractivity contribution in [1.82, 2.24) is 0 Å². The Bertz CT molecular complexity index is 389. The van der Waals surface area contributed by atoms with E-state index in [2.05, 4.69) is 0 Å². The van der Waals surface area contributed by atoms with Crippen LogP contribution >= 0.6 is 0 Å². The van der Waals surface area contributed by atoms with E-state index in [1.807, 2.05) is 6.07 Å². The van der Waals surface area contributed by atoms with Gasteiger partial charge >= 0.3 is 5.97 Å². The van der Waals surface area contributed by atoms with E-state index in [-0.39, 0.29) is 17.7 Å². The Kier molecular flexibility index (Phi) is 3.22. The van der Waals surface area contributed by atoms with Crippen LogP contribution in [0.5, 0.6) is 0 Å². The summed E-state index contributed by atoms with van der Waals surface area (Å²) >= 11 is 0. The van der Waals surface area contributed by atoms with Gasteiger partial charge in [-0.05, 0) is 42.9 Å². The van der Waals surface area contributed by atoms with Gasteiger partial charge in [-0.15, -0.1) is 0 Å². The van der Waals surface area contributed by atoms with Crippen LogP contribution in [0, 0.1) is 11.7 Å². The van der Waals surface area contributed by atoms with Crippen LogP contribution < -0.4 is 0 Å². The molecule has 1 aliphatic rings. The molecule has 0 radical (unpaired) electrons. The quantitative estimate of drug-likeness (QED) is 0.834. The van der Waals surface area contributed by atoms with Gasteiger partial charge in [-0.3, -0.25) is 4.79 Å². The molecule has 0 bridgehead atoms. The molecule has 0 amide bonds. The van der Waals surface area contributed by atoms with Crippen molar-refractivity contribution < 1.29 is 14.3 Å². The molecule has 1 fully saturated rings. The van der Waals surface area contributed by atoms with Crippen LogP contribution in [0.1, 0.15) is 37.2 Å². The molecule has 2 atom stereocenters. The van der Waals surface area contributed by atoms with E-state index in [0.717, 1.165) is 24.8 Å². The van der Waals surface area contributed by atoms with Gasteiger partial charge in [0, 0.05) is 0 Å². The number of halogens is 1. The lowest BCUT2D eigenvalue weighted by Gasteiger charge is -2.26. The Hall–Kier alpha value is -1.38. The summed E-state index contributed by atoms with van der Waals surface area (Å²) in [7, 11) is 0. The third kappa shape index (κ3) is 2.40. The van der Waals surface area contributed by atoms with Crippen molar-refractivity contribution in [2.24, 2.45) is 5.92 Å². The zero-order valence-electron chi connectivity index (χ0n) is 9.03. The summed E-state index contributed by atoms with van der Waals surface area (Å²) < 4.78 is 13.1. The average Bonchev–Trinajstić information content (AvgIpc) is 2.29. The molecule has 2 rings (SSSR count). The molecule has 0 saturated heterocycles. The molecule has 0 aliphatic heterocycles. The largest absolute Gasteiger partial charge is 0.481 e. The molecule has 1 aliphatic carbocycles. The monoisotopic (exact) mass is 222 g/mol. The van der Waals surface area contributed by atoms with Gasteiger partial charge in [0.25, 0.3) is 0 Å². The van der Waals surface area contributed by atoms with Crippen LogP contribution in [-0.2, 0) is 4.79 Å². The van der Waals surface area contributed by atoms with Crippen LogP contribution in [0.2, 0.25) is 0 Å². The number of rotatable bonds is 2. The Morgan fingerprint density at radius 2 is 2.19 bits per heavy atom. The van der Waals surface area contributed by atoms with Gasteiger partial charge in [-0.25, -0.2) is 4.39 Å². The fourth-order valence-corrected chi connectivity index (χ4v) is 2.48. The molecule has 2 nitrogen and oxygen atoms in total. The van der Waals surface area contributed by atoms with Crippen molar-refractivity contribution in [2.75, 3.05) is 0 Å². The van der Waals surface area contributed by atoms with Crippen molar-refractivity contribution in [3.63, 3.8) is 0 Å². The summed E-state index contributed by atoms with van der Waals surface area (Å²) in [5.74, 6) is -1.02. The second-order valence-electron chi connectivity index (χ2n) is 4.45. The smallest absolute Gasteiger partial charge is 0.306 e. The summed E-state index contributed by atoms with van der Waals surface area (Å²) in [5.41, 5.74) is 0.936. The van der Waals surface area contributed by atoms with Gasteiger partial charge in [0.2, 0.25) is 0 Å². The number of carboxylic acids is 1. The summed E-state index contributed by atoms with van der Waals surface area (Å²) in [6.45, 7) is 0. The lowest BCUT2D eigenvalue weighted by atomic mass is 9.78. The number of carbonyl (C=O) groups is 1. The first kappa shape index (κ1) is 11.1. The minimum Gasteiger partial charge on any atom is -0.481 e. The highest BCUT2D eigenvalue weighted by atomic mass is 19.1. The van der Waals surface area contributed by atoms with Crippen molar-refractivity contribution in [3.8, 4) is 0 Å². The minimum absolute atomic E-state index is 0.200. The van der Waals surface area contributed by atoms with Crippen LogP contribution in [0.4, 0.5) is 4.39 Å². The molecule has 0 spiro atoms. The van der Waals surface area contributed by atoms with Crippen molar-refractivity contribution in [1.29, 1.82) is 0 Å². The lowest BCUT2D eigenvalue weighted by Crippen LogP contribution is -2.21. The Morgan fingerprint density at radius 1 is 1.38 bits per heavy atom. The highest BCUT2D eigenvalue weighted by molar-refractivity contribution is 5.70. The van der Waals surface area contributed by atoms with Gasteiger partial charge in [0.05, 0.1) is 5.92 Å². The molecular formula is C13H15FO2. The van der Waals surface area contributed by atoms with Gasteiger partial charge in [-0.1, -0.05) is 18.6 Å². The molecule has 0 aromatic heterocycles. The maximum absolute atomic E-state index is 13.1. The highest BCUT2D eigenvalue weighted by Crippen LogP contribution is 2.36. The molecular weight excluding hydrogens is 207 g/mol. The Morgan fingerprint density at radius 3 is 2.88 bits per heavy atom. The molecule has 1 aromatic carbocycles. The fraction of sp³-hybridized carbons (Fsp3) is 0.462. The van der Waals surface area contributed by atoms with Gasteiger partial charge in [0.15, 0.2) is 0 Å². The molecule has 16 heavy (non-hydrogen) atoms. The van der Waals surface area contributed by atoms with Crippen molar-refractivity contribution in [2.45, 2.75) is 31.6 Å². The molecule has 1 saturated carbocycles. The van der Waals surface area contributed by atoms with E-state index in [0.29, 0.717) is 6.42 Å². The molecule has 2 unspecified atom stereocenters. The molecule has 86 valence electrons. The van der Waals surface area contributed by atoms with Gasteiger partial charge < -0.3 is 5.11 Å². The first-order valence-electron chi connectivity index (χ1n) is 5.65. The molecule has 1 aromatic rings. The fourth-order valence-electron chi connectivity index (χ4n) is 2.48. The highest BCUT2D eigenvalue weighted by Gasteiger charge is 2.27. The average molecular weight is 222 g/mol. The topological polar surface area (TPSA) is 37.3 Å². The summed E-state index contributed by atoms with van der Waals surface area (Å²) in [4.78, 5) is 10.9. The van der Waals surface area contributed by atoms with E-state index in [1.165, 1.54) is 12.1 Å². The summed E-state index contributed by atoms with van der Waals surface area (Å²) in [6.07, 6.45) is 3.27. The molecule has 3 heteroatoms. The predicted octanol–water partition coefficient (Wildman–Crippen LogP) is 3.18. The van der Waals surface area contributed by atoms with Crippen LogP contribution in [0.25, 0.3) is 0 Å². The van der Waals surface area contributed by atoms with E-state index >= 15 is 0 Å². The Balaban J connectivity index is 2.12. The number of carboxylic acid groups (broad SMARTS) is 1. The molecule has 0 heterocycles. The third-order valence-electron chi connectivity index (χ3n) is 3.34. The maximum Gasteiger partial charge on any atom is 0.306 e. The zero-order chi connectivity index (χ0) is 11.5. The first-order valence-corrected chi connectivity index (χ1v) is 5.65. The zero-order valence-corrected chi connectivity index (χ0v) is 9.03. The Labute approximate surface area is 94.1 Å². The maximum atomic E-state index is 13.1. The number of hydrogen-bond acceptors (Lipinski definition) is 1. The van der Waals surface area contributed by atoms with E-state index in [4.69, 9.17) is 5.11 Å². The predicted molar refractivity (Wildman–Crippen MR) is 58.7 cm³/mol. The van der Waals surface area contributed by atoms with E-state index < -0.39 is 5.97 Å². The van der Waals surface area contributed by atoms with Crippen molar-refractivity contribution >= 4 is 5.97 Å². The van der Waals surface area contributed by atoms with E-state index in [1.54, 1.807) is 6.07 Å². The third-order valence-corrected chi connectivity index (χ3v) is 3.34. The number of aliphatic carboxylic acids is 1.